The number of pyridine rings is 1. The Morgan fingerprint density at radius 1 is 1.00 bits per heavy atom. The average Bonchev–Trinajstić information content (AvgIpc) is 3.17. The number of amides is 1. The van der Waals surface area contributed by atoms with Crippen molar-refractivity contribution in [2.45, 2.75) is 12.6 Å². The van der Waals surface area contributed by atoms with Crippen LogP contribution in [0.2, 0.25) is 0 Å². The summed E-state index contributed by atoms with van der Waals surface area (Å²) in [5.74, 6) is -0.639. The second-order valence-electron chi connectivity index (χ2n) is 6.93. The summed E-state index contributed by atoms with van der Waals surface area (Å²) >= 11 is 0. The number of aromatic amines is 1. The van der Waals surface area contributed by atoms with E-state index in [1.54, 1.807) is 48.8 Å². The molecule has 0 bridgehead atoms. The zero-order chi connectivity index (χ0) is 22.0. The van der Waals surface area contributed by atoms with Crippen molar-refractivity contribution in [2.24, 2.45) is 0 Å². The monoisotopic (exact) mass is 423 g/mol. The number of rotatable bonds is 5. The fourth-order valence-electron chi connectivity index (χ4n) is 3.24. The van der Waals surface area contributed by atoms with Gasteiger partial charge in [0.05, 0.1) is 12.0 Å². The first-order chi connectivity index (χ1) is 14.8. The average molecular weight is 423 g/mol. The van der Waals surface area contributed by atoms with Gasteiger partial charge in [0.25, 0.3) is 0 Å². The normalized spacial score (nSPS) is 11.5. The maximum atomic E-state index is 12.8. The molecule has 0 saturated carbocycles. The summed E-state index contributed by atoms with van der Waals surface area (Å²) < 4.78 is 38.4. The molecule has 0 aliphatic heterocycles. The van der Waals surface area contributed by atoms with Crippen LogP contribution >= 0.6 is 0 Å². The molecule has 0 fully saturated rings. The molecule has 0 atom stereocenters. The molecule has 0 saturated heterocycles. The molecule has 0 radical (unpaired) electrons. The van der Waals surface area contributed by atoms with Crippen LogP contribution in [0.5, 0.6) is 0 Å². The van der Waals surface area contributed by atoms with Crippen molar-refractivity contribution in [3.05, 3.63) is 95.3 Å². The highest BCUT2D eigenvalue weighted by Gasteiger charge is 2.30. The summed E-state index contributed by atoms with van der Waals surface area (Å²) in [5.41, 5.74) is 1.43. The molecule has 2 N–H and O–H groups in total. The summed E-state index contributed by atoms with van der Waals surface area (Å²) in [5, 5.41) is 3.19. The largest absolute Gasteiger partial charge is 0.416 e. The van der Waals surface area contributed by atoms with Gasteiger partial charge in [-0.15, -0.1) is 0 Å². The predicted octanol–water partition coefficient (Wildman–Crippen LogP) is 4.99. The van der Waals surface area contributed by atoms with E-state index in [2.05, 4.69) is 15.3 Å². The summed E-state index contributed by atoms with van der Waals surface area (Å²) in [6, 6.07) is 14.5. The molecular formula is C23H16F3N3O2. The molecule has 1 amide bonds. The molecular weight excluding hydrogens is 407 g/mol. The molecule has 31 heavy (non-hydrogen) atoms. The van der Waals surface area contributed by atoms with Gasteiger partial charge in [0, 0.05) is 34.6 Å². The Bertz CT molecular complexity index is 1260. The first kappa shape index (κ1) is 20.3. The summed E-state index contributed by atoms with van der Waals surface area (Å²) in [6.07, 6.45) is -1.28. The van der Waals surface area contributed by atoms with Crippen LogP contribution in [0.4, 0.5) is 18.9 Å². The lowest BCUT2D eigenvalue weighted by Crippen LogP contribution is -2.15. The maximum Gasteiger partial charge on any atom is 0.416 e. The number of nitrogens with zero attached hydrogens (tertiary/aromatic N) is 1. The Labute approximate surface area is 174 Å². The molecule has 4 rings (SSSR count). The number of anilines is 1. The third-order valence-corrected chi connectivity index (χ3v) is 4.75. The molecule has 5 nitrogen and oxygen atoms in total. The van der Waals surface area contributed by atoms with Crippen LogP contribution in [0.15, 0.2) is 73.1 Å². The van der Waals surface area contributed by atoms with Gasteiger partial charge >= 0.3 is 6.18 Å². The van der Waals surface area contributed by atoms with E-state index >= 15 is 0 Å². The van der Waals surface area contributed by atoms with E-state index < -0.39 is 17.6 Å². The number of hydrogen-bond donors (Lipinski definition) is 2. The van der Waals surface area contributed by atoms with E-state index in [4.69, 9.17) is 0 Å². The summed E-state index contributed by atoms with van der Waals surface area (Å²) in [4.78, 5) is 32.1. The number of benzene rings is 2. The third kappa shape index (κ3) is 4.48. The highest BCUT2D eigenvalue weighted by Crippen LogP contribution is 2.30. The fraction of sp³-hybridized carbons (Fsp3) is 0.0870. The number of halogens is 3. The molecule has 0 aliphatic rings. The van der Waals surface area contributed by atoms with E-state index in [9.17, 15) is 22.8 Å². The van der Waals surface area contributed by atoms with Gasteiger partial charge in [-0.1, -0.05) is 30.3 Å². The molecule has 0 unspecified atom stereocenters. The number of ketones is 1. The Balaban J connectivity index is 1.44. The van der Waals surface area contributed by atoms with Gasteiger partial charge < -0.3 is 10.3 Å². The molecule has 2 aromatic heterocycles. The molecule has 0 spiro atoms. The van der Waals surface area contributed by atoms with Crippen molar-refractivity contribution in [3.8, 4) is 0 Å². The third-order valence-electron chi connectivity index (χ3n) is 4.75. The maximum absolute atomic E-state index is 12.8. The molecule has 4 aromatic rings. The zero-order valence-corrected chi connectivity index (χ0v) is 16.0. The lowest BCUT2D eigenvalue weighted by Gasteiger charge is -2.10. The second kappa shape index (κ2) is 8.06. The number of fused-ring (bicyclic) bond motifs is 1. The Morgan fingerprint density at radius 2 is 1.77 bits per heavy atom. The molecule has 2 heterocycles. The summed E-state index contributed by atoms with van der Waals surface area (Å²) in [6.45, 7) is 0. The van der Waals surface area contributed by atoms with Crippen LogP contribution in [0, 0.1) is 0 Å². The van der Waals surface area contributed by atoms with Crippen molar-refractivity contribution >= 4 is 28.4 Å². The van der Waals surface area contributed by atoms with Crippen molar-refractivity contribution in [3.63, 3.8) is 0 Å². The number of H-pyrrole nitrogens is 1. The highest BCUT2D eigenvalue weighted by atomic mass is 19.4. The summed E-state index contributed by atoms with van der Waals surface area (Å²) in [7, 11) is 0. The standard InChI is InChI=1S/C23H16F3N3O2/c24-23(25,26)16-3-1-4-17(12-16)29-20(30)11-14-6-8-15(9-7-14)21(31)19-13-28-22-18(19)5-2-10-27-22/h1-10,12-13H,11H2,(H,27,28)(H,29,30). The van der Waals surface area contributed by atoms with Gasteiger partial charge in [-0.05, 0) is 35.9 Å². The molecule has 2 aromatic carbocycles. The first-order valence-corrected chi connectivity index (χ1v) is 9.34. The van der Waals surface area contributed by atoms with Crippen molar-refractivity contribution in [1.29, 1.82) is 0 Å². The number of alkyl halides is 3. The number of aromatic nitrogens is 2. The van der Waals surface area contributed by atoms with Crippen molar-refractivity contribution in [2.75, 3.05) is 5.32 Å². The topological polar surface area (TPSA) is 74.8 Å². The smallest absolute Gasteiger partial charge is 0.345 e. The SMILES string of the molecule is O=C(Cc1ccc(C(=O)c2c[nH]c3ncccc23)cc1)Nc1cccc(C(F)(F)F)c1. The van der Waals surface area contributed by atoms with E-state index in [1.807, 2.05) is 0 Å². The Morgan fingerprint density at radius 3 is 2.52 bits per heavy atom. The zero-order valence-electron chi connectivity index (χ0n) is 16.0. The minimum atomic E-state index is -4.48. The molecule has 156 valence electrons. The number of carbonyl (C=O) groups excluding carboxylic acids is 2. The van der Waals surface area contributed by atoms with Gasteiger partial charge in [-0.25, -0.2) is 4.98 Å². The van der Waals surface area contributed by atoms with Gasteiger partial charge in [0.2, 0.25) is 5.91 Å². The Kier molecular flexibility index (Phi) is 5.29. The van der Waals surface area contributed by atoms with Crippen molar-refractivity contribution < 1.29 is 22.8 Å². The van der Waals surface area contributed by atoms with Gasteiger partial charge in [0.15, 0.2) is 5.78 Å². The van der Waals surface area contributed by atoms with E-state index in [-0.39, 0.29) is 17.9 Å². The highest BCUT2D eigenvalue weighted by molar-refractivity contribution is 6.15. The van der Waals surface area contributed by atoms with Crippen LogP contribution in [0.3, 0.4) is 0 Å². The predicted molar refractivity (Wildman–Crippen MR) is 110 cm³/mol. The molecule has 0 aliphatic carbocycles. The van der Waals surface area contributed by atoms with Gasteiger partial charge in [-0.2, -0.15) is 13.2 Å². The van der Waals surface area contributed by atoms with Gasteiger partial charge in [0.1, 0.15) is 5.65 Å². The quantitative estimate of drug-likeness (QED) is 0.444. The van der Waals surface area contributed by atoms with E-state index in [0.29, 0.717) is 22.3 Å². The number of carbonyl (C=O) groups is 2. The van der Waals surface area contributed by atoms with Crippen LogP contribution in [-0.4, -0.2) is 21.7 Å². The minimum absolute atomic E-state index is 0.0400. The van der Waals surface area contributed by atoms with E-state index in [1.165, 1.54) is 12.1 Å². The molecule has 8 heteroatoms. The number of nitrogens with one attached hydrogen (secondary N) is 2. The second-order valence-corrected chi connectivity index (χ2v) is 6.93. The van der Waals surface area contributed by atoms with E-state index in [0.717, 1.165) is 17.5 Å². The van der Waals surface area contributed by atoms with Gasteiger partial charge in [-0.3, -0.25) is 9.59 Å². The lowest BCUT2D eigenvalue weighted by atomic mass is 10.0. The van der Waals surface area contributed by atoms with Crippen LogP contribution in [0.25, 0.3) is 11.0 Å². The minimum Gasteiger partial charge on any atom is -0.345 e. The van der Waals surface area contributed by atoms with Crippen molar-refractivity contribution in [1.82, 2.24) is 9.97 Å². The first-order valence-electron chi connectivity index (χ1n) is 9.34. The van der Waals surface area contributed by atoms with Crippen LogP contribution < -0.4 is 5.32 Å². The lowest BCUT2D eigenvalue weighted by molar-refractivity contribution is -0.137. The van der Waals surface area contributed by atoms with Crippen LogP contribution in [0.1, 0.15) is 27.0 Å². The fourth-order valence-corrected chi connectivity index (χ4v) is 3.24. The van der Waals surface area contributed by atoms with Crippen LogP contribution in [-0.2, 0) is 17.4 Å². The number of hydrogen-bond acceptors (Lipinski definition) is 3. The Hall–Kier alpha value is -3.94.